The number of ether oxygens (including phenoxy) is 2. The monoisotopic (exact) mass is 239 g/mol. The van der Waals surface area contributed by atoms with Gasteiger partial charge >= 0.3 is 0 Å². The molecule has 5 heteroatoms. The van der Waals surface area contributed by atoms with Crippen LogP contribution in [0, 0.1) is 0 Å². The zero-order valence-electron chi connectivity index (χ0n) is 10.6. The predicted octanol–water partition coefficient (Wildman–Crippen LogP) is 1.22. The molecule has 1 unspecified atom stereocenters. The molecular weight excluding hydrogens is 218 g/mol. The second kappa shape index (κ2) is 6.14. The number of nitrogens with zero attached hydrogens (tertiary/aromatic N) is 2. The molecule has 0 bridgehead atoms. The summed E-state index contributed by atoms with van der Waals surface area (Å²) in [6, 6.07) is 0.256. The summed E-state index contributed by atoms with van der Waals surface area (Å²) in [4.78, 5) is 0. The lowest BCUT2D eigenvalue weighted by atomic mass is 10.1. The summed E-state index contributed by atoms with van der Waals surface area (Å²) in [5.41, 5.74) is 1.19. The zero-order chi connectivity index (χ0) is 12.1. The smallest absolute Gasteiger partial charge is 0.159 e. The highest BCUT2D eigenvalue weighted by atomic mass is 16.7. The van der Waals surface area contributed by atoms with Crippen molar-refractivity contribution in [2.75, 3.05) is 19.8 Å². The largest absolute Gasteiger partial charge is 0.350 e. The molecule has 1 N–H and O–H groups in total. The Labute approximate surface area is 102 Å². The van der Waals surface area contributed by atoms with Gasteiger partial charge < -0.3 is 14.8 Å². The van der Waals surface area contributed by atoms with Crippen molar-refractivity contribution in [3.63, 3.8) is 0 Å². The molecule has 17 heavy (non-hydrogen) atoms. The fraction of sp³-hybridized carbons (Fsp3) is 0.750. The molecule has 2 rings (SSSR count). The summed E-state index contributed by atoms with van der Waals surface area (Å²) in [5.74, 6) is 0. The van der Waals surface area contributed by atoms with E-state index in [-0.39, 0.29) is 12.3 Å². The molecule has 1 aromatic heterocycles. The van der Waals surface area contributed by atoms with Crippen molar-refractivity contribution in [3.05, 3.63) is 18.0 Å². The minimum atomic E-state index is -0.0791. The van der Waals surface area contributed by atoms with Crippen molar-refractivity contribution in [2.45, 2.75) is 32.1 Å². The third kappa shape index (κ3) is 3.52. The summed E-state index contributed by atoms with van der Waals surface area (Å²) in [6.45, 7) is 4.57. The molecule has 1 aliphatic rings. The molecular formula is C12H21N3O2. The number of hydrogen-bond donors (Lipinski definition) is 1. The Kier molecular flexibility index (Phi) is 4.53. The van der Waals surface area contributed by atoms with Gasteiger partial charge in [-0.2, -0.15) is 5.10 Å². The molecule has 0 aliphatic carbocycles. The van der Waals surface area contributed by atoms with Crippen LogP contribution in [0.3, 0.4) is 0 Å². The number of rotatable bonds is 6. The highest BCUT2D eigenvalue weighted by Crippen LogP contribution is 2.21. The van der Waals surface area contributed by atoms with Crippen molar-refractivity contribution in [3.8, 4) is 0 Å². The lowest BCUT2D eigenvalue weighted by molar-refractivity contribution is -0.0530. The van der Waals surface area contributed by atoms with Gasteiger partial charge in [-0.25, -0.2) is 0 Å². The first-order valence-corrected chi connectivity index (χ1v) is 6.24. The van der Waals surface area contributed by atoms with Crippen LogP contribution >= 0.6 is 0 Å². The molecule has 96 valence electrons. The van der Waals surface area contributed by atoms with Crippen LogP contribution in [0.1, 0.15) is 31.4 Å². The molecule has 0 spiro atoms. The summed E-state index contributed by atoms with van der Waals surface area (Å²) in [6.07, 6.45) is 5.82. The van der Waals surface area contributed by atoms with Crippen molar-refractivity contribution in [2.24, 2.45) is 7.05 Å². The van der Waals surface area contributed by atoms with Gasteiger partial charge in [0, 0.05) is 31.3 Å². The zero-order valence-corrected chi connectivity index (χ0v) is 10.6. The Balaban J connectivity index is 1.96. The lowest BCUT2D eigenvalue weighted by Gasteiger charge is -2.20. The molecule has 1 atom stereocenters. The van der Waals surface area contributed by atoms with E-state index in [0.29, 0.717) is 13.2 Å². The maximum absolute atomic E-state index is 5.50. The van der Waals surface area contributed by atoms with Gasteiger partial charge in [-0.3, -0.25) is 4.68 Å². The van der Waals surface area contributed by atoms with Gasteiger partial charge in [0.25, 0.3) is 0 Å². The van der Waals surface area contributed by atoms with Crippen LogP contribution in [0.5, 0.6) is 0 Å². The van der Waals surface area contributed by atoms with Crippen molar-refractivity contribution >= 4 is 0 Å². The topological polar surface area (TPSA) is 48.3 Å². The van der Waals surface area contributed by atoms with Crippen molar-refractivity contribution in [1.29, 1.82) is 0 Å². The summed E-state index contributed by atoms with van der Waals surface area (Å²) in [7, 11) is 1.93. The third-order valence-corrected chi connectivity index (χ3v) is 2.89. The Morgan fingerprint density at radius 3 is 2.88 bits per heavy atom. The first-order chi connectivity index (χ1) is 8.29. The molecule has 0 saturated carbocycles. The molecule has 0 aromatic carbocycles. The van der Waals surface area contributed by atoms with Gasteiger partial charge in [0.1, 0.15) is 0 Å². The van der Waals surface area contributed by atoms with E-state index in [1.807, 2.05) is 24.1 Å². The van der Waals surface area contributed by atoms with Gasteiger partial charge in [-0.1, -0.05) is 6.92 Å². The Bertz CT molecular complexity index is 334. The van der Waals surface area contributed by atoms with Crippen molar-refractivity contribution < 1.29 is 9.47 Å². The number of aromatic nitrogens is 2. The minimum Gasteiger partial charge on any atom is -0.350 e. The minimum absolute atomic E-state index is 0.0791. The highest BCUT2D eigenvalue weighted by molar-refractivity contribution is 5.10. The number of hydrogen-bond acceptors (Lipinski definition) is 4. The van der Waals surface area contributed by atoms with Gasteiger partial charge in [0.15, 0.2) is 6.29 Å². The van der Waals surface area contributed by atoms with E-state index in [1.54, 1.807) is 0 Å². The first kappa shape index (κ1) is 12.5. The average molecular weight is 239 g/mol. The number of aryl methyl sites for hydroxylation is 1. The van der Waals surface area contributed by atoms with Gasteiger partial charge in [0.05, 0.1) is 19.4 Å². The van der Waals surface area contributed by atoms with Crippen LogP contribution in [-0.2, 0) is 16.5 Å². The van der Waals surface area contributed by atoms with Crippen LogP contribution in [0.2, 0.25) is 0 Å². The summed E-state index contributed by atoms with van der Waals surface area (Å²) < 4.78 is 12.8. The standard InChI is InChI=1S/C12H21N3O2/c1-3-4-13-11(7-12-16-5-6-17-12)10-8-14-15(2)9-10/h8-9,11-13H,3-7H2,1-2H3. The van der Waals surface area contributed by atoms with Crippen LogP contribution < -0.4 is 5.32 Å². The highest BCUT2D eigenvalue weighted by Gasteiger charge is 2.22. The SMILES string of the molecule is CCCNC(CC1OCCO1)c1cnn(C)c1. The summed E-state index contributed by atoms with van der Waals surface area (Å²) >= 11 is 0. The molecule has 0 radical (unpaired) electrons. The Morgan fingerprint density at radius 2 is 2.29 bits per heavy atom. The second-order valence-corrected chi connectivity index (χ2v) is 4.36. The van der Waals surface area contributed by atoms with Crippen LogP contribution in [-0.4, -0.2) is 35.8 Å². The fourth-order valence-corrected chi connectivity index (χ4v) is 2.01. The fourth-order valence-electron chi connectivity index (χ4n) is 2.01. The molecule has 1 aliphatic heterocycles. The van der Waals surface area contributed by atoms with E-state index in [9.17, 15) is 0 Å². The quantitative estimate of drug-likeness (QED) is 0.811. The van der Waals surface area contributed by atoms with E-state index in [2.05, 4.69) is 17.3 Å². The van der Waals surface area contributed by atoms with Crippen LogP contribution in [0.4, 0.5) is 0 Å². The maximum atomic E-state index is 5.50. The van der Waals surface area contributed by atoms with Crippen LogP contribution in [0.25, 0.3) is 0 Å². The number of nitrogens with one attached hydrogen (secondary N) is 1. The lowest BCUT2D eigenvalue weighted by Crippen LogP contribution is -2.26. The molecule has 1 fully saturated rings. The molecule has 2 heterocycles. The average Bonchev–Trinajstić information content (AvgIpc) is 2.95. The van der Waals surface area contributed by atoms with E-state index < -0.39 is 0 Å². The molecule has 0 amide bonds. The Hall–Kier alpha value is -0.910. The van der Waals surface area contributed by atoms with Crippen molar-refractivity contribution in [1.82, 2.24) is 15.1 Å². The molecule has 5 nitrogen and oxygen atoms in total. The van der Waals surface area contributed by atoms with Gasteiger partial charge in [0.2, 0.25) is 0 Å². The maximum Gasteiger partial charge on any atom is 0.159 e. The van der Waals surface area contributed by atoms with E-state index in [4.69, 9.17) is 9.47 Å². The first-order valence-electron chi connectivity index (χ1n) is 6.24. The predicted molar refractivity (Wildman–Crippen MR) is 64.6 cm³/mol. The third-order valence-electron chi connectivity index (χ3n) is 2.89. The molecule has 1 saturated heterocycles. The van der Waals surface area contributed by atoms with Gasteiger partial charge in [-0.05, 0) is 13.0 Å². The van der Waals surface area contributed by atoms with Crippen LogP contribution in [0.15, 0.2) is 12.4 Å². The van der Waals surface area contributed by atoms with Gasteiger partial charge in [-0.15, -0.1) is 0 Å². The van der Waals surface area contributed by atoms with E-state index >= 15 is 0 Å². The van der Waals surface area contributed by atoms with E-state index in [0.717, 1.165) is 19.4 Å². The molecule has 1 aromatic rings. The second-order valence-electron chi connectivity index (χ2n) is 4.36. The normalized spacial score (nSPS) is 18.7. The Morgan fingerprint density at radius 1 is 1.53 bits per heavy atom. The summed E-state index contributed by atoms with van der Waals surface area (Å²) in [5, 5.41) is 7.73. The van der Waals surface area contributed by atoms with E-state index in [1.165, 1.54) is 5.56 Å².